The van der Waals surface area contributed by atoms with E-state index >= 15 is 0 Å². The first kappa shape index (κ1) is 10.6. The average molecular weight is 216 g/mol. The monoisotopic (exact) mass is 216 g/mol. The van der Waals surface area contributed by atoms with Gasteiger partial charge < -0.3 is 10.1 Å². The molecule has 0 aliphatic heterocycles. The molecule has 2 aromatic rings. The van der Waals surface area contributed by atoms with Gasteiger partial charge in [-0.05, 0) is 18.2 Å². The summed E-state index contributed by atoms with van der Waals surface area (Å²) in [6.07, 6.45) is 0. The molecule has 0 unspecified atom stereocenters. The van der Waals surface area contributed by atoms with E-state index in [1.54, 1.807) is 6.07 Å². The number of fused-ring (bicyclic) bond motifs is 1. The van der Waals surface area contributed by atoms with E-state index in [9.17, 15) is 4.79 Å². The lowest BCUT2D eigenvalue weighted by Crippen LogP contribution is -2.17. The number of amides is 1. The summed E-state index contributed by atoms with van der Waals surface area (Å²) < 4.78 is 4.72. The third-order valence-corrected chi connectivity index (χ3v) is 2.14. The molecule has 0 bridgehead atoms. The molecule has 0 saturated carbocycles. The van der Waals surface area contributed by atoms with E-state index in [1.807, 2.05) is 30.3 Å². The van der Waals surface area contributed by atoms with Crippen molar-refractivity contribution < 1.29 is 9.53 Å². The number of anilines is 1. The molecule has 1 N–H and O–H groups in total. The molecule has 4 nitrogen and oxygen atoms in total. The van der Waals surface area contributed by atoms with Crippen molar-refractivity contribution in [2.45, 2.75) is 0 Å². The van der Waals surface area contributed by atoms with Gasteiger partial charge in [0.1, 0.15) is 12.4 Å². The van der Waals surface area contributed by atoms with Gasteiger partial charge in [0.25, 0.3) is 5.91 Å². The number of carbonyl (C=O) groups is 1. The quantitative estimate of drug-likeness (QED) is 0.851. The predicted octanol–water partition coefficient (Wildman–Crippen LogP) is 1.82. The van der Waals surface area contributed by atoms with E-state index in [-0.39, 0.29) is 12.5 Å². The third-order valence-electron chi connectivity index (χ3n) is 2.14. The first-order chi connectivity index (χ1) is 7.79. The van der Waals surface area contributed by atoms with Crippen molar-refractivity contribution in [3.63, 3.8) is 0 Å². The van der Waals surface area contributed by atoms with Gasteiger partial charge >= 0.3 is 0 Å². The molecule has 0 fully saturated rings. The van der Waals surface area contributed by atoms with Crippen molar-refractivity contribution in [1.82, 2.24) is 4.98 Å². The van der Waals surface area contributed by atoms with E-state index < -0.39 is 0 Å². The van der Waals surface area contributed by atoms with Crippen molar-refractivity contribution in [2.24, 2.45) is 0 Å². The number of rotatable bonds is 3. The second-order valence-electron chi connectivity index (χ2n) is 3.37. The molecular weight excluding hydrogens is 204 g/mol. The van der Waals surface area contributed by atoms with E-state index in [0.29, 0.717) is 5.82 Å². The number of para-hydroxylation sites is 1. The standard InChI is InChI=1S/C12H12N2O2/c1-16-8-12(15)14-11-7-6-9-4-2-3-5-10(9)13-11/h2-7H,8H2,1H3,(H,13,14,15). The molecule has 0 radical (unpaired) electrons. The largest absolute Gasteiger partial charge is 0.375 e. The SMILES string of the molecule is COCC(=O)Nc1ccc2ccccc2n1. The van der Waals surface area contributed by atoms with E-state index in [2.05, 4.69) is 10.3 Å². The molecule has 1 aromatic heterocycles. The maximum absolute atomic E-state index is 11.3. The number of carbonyl (C=O) groups excluding carboxylic acids is 1. The van der Waals surface area contributed by atoms with Gasteiger partial charge in [-0.2, -0.15) is 0 Å². The number of pyridine rings is 1. The van der Waals surface area contributed by atoms with Gasteiger partial charge in [0.15, 0.2) is 0 Å². The number of hydrogen-bond donors (Lipinski definition) is 1. The fraction of sp³-hybridized carbons (Fsp3) is 0.167. The van der Waals surface area contributed by atoms with Crippen molar-refractivity contribution in [2.75, 3.05) is 19.0 Å². The molecule has 1 heterocycles. The maximum atomic E-state index is 11.3. The van der Waals surface area contributed by atoms with Gasteiger partial charge in [0.05, 0.1) is 5.52 Å². The van der Waals surface area contributed by atoms with Crippen LogP contribution in [0.25, 0.3) is 10.9 Å². The number of methoxy groups -OCH3 is 1. The number of hydrogen-bond acceptors (Lipinski definition) is 3. The first-order valence-electron chi connectivity index (χ1n) is 4.94. The molecule has 2 rings (SSSR count). The van der Waals surface area contributed by atoms with Gasteiger partial charge in [0.2, 0.25) is 0 Å². The zero-order chi connectivity index (χ0) is 11.4. The molecule has 0 spiro atoms. The van der Waals surface area contributed by atoms with Gasteiger partial charge in [-0.1, -0.05) is 18.2 Å². The zero-order valence-electron chi connectivity index (χ0n) is 8.93. The van der Waals surface area contributed by atoms with Crippen molar-refractivity contribution >= 4 is 22.6 Å². The van der Waals surface area contributed by atoms with Gasteiger partial charge in [-0.15, -0.1) is 0 Å². The summed E-state index contributed by atoms with van der Waals surface area (Å²) in [5.74, 6) is 0.339. The van der Waals surface area contributed by atoms with Gasteiger partial charge in [-0.25, -0.2) is 4.98 Å². The van der Waals surface area contributed by atoms with E-state index in [1.165, 1.54) is 7.11 Å². The molecule has 82 valence electrons. The van der Waals surface area contributed by atoms with E-state index in [4.69, 9.17) is 4.74 Å². The molecule has 0 aliphatic carbocycles. The minimum Gasteiger partial charge on any atom is -0.375 e. The number of ether oxygens (including phenoxy) is 1. The van der Waals surface area contributed by atoms with Crippen LogP contribution in [0.15, 0.2) is 36.4 Å². The second-order valence-corrected chi connectivity index (χ2v) is 3.37. The zero-order valence-corrected chi connectivity index (χ0v) is 8.93. The predicted molar refractivity (Wildman–Crippen MR) is 62.2 cm³/mol. The number of nitrogens with one attached hydrogen (secondary N) is 1. The third kappa shape index (κ3) is 2.35. The summed E-state index contributed by atoms with van der Waals surface area (Å²) in [4.78, 5) is 15.6. The highest BCUT2D eigenvalue weighted by molar-refractivity contribution is 5.92. The Kier molecular flexibility index (Phi) is 3.12. The molecular formula is C12H12N2O2. The number of nitrogens with zero attached hydrogens (tertiary/aromatic N) is 1. The minimum absolute atomic E-state index is 0.0362. The molecule has 1 amide bonds. The Labute approximate surface area is 93.3 Å². The fourth-order valence-corrected chi connectivity index (χ4v) is 1.45. The van der Waals surface area contributed by atoms with Crippen LogP contribution >= 0.6 is 0 Å². The summed E-state index contributed by atoms with van der Waals surface area (Å²) in [6, 6.07) is 11.4. The van der Waals surface area contributed by atoms with Crippen LogP contribution in [0.5, 0.6) is 0 Å². The molecule has 0 aliphatic rings. The lowest BCUT2D eigenvalue weighted by atomic mass is 10.2. The lowest BCUT2D eigenvalue weighted by molar-refractivity contribution is -0.119. The molecule has 16 heavy (non-hydrogen) atoms. The Morgan fingerprint density at radius 2 is 2.12 bits per heavy atom. The Morgan fingerprint density at radius 3 is 2.94 bits per heavy atom. The van der Waals surface area contributed by atoms with Crippen molar-refractivity contribution in [3.8, 4) is 0 Å². The lowest BCUT2D eigenvalue weighted by Gasteiger charge is -2.04. The Morgan fingerprint density at radius 1 is 1.31 bits per heavy atom. The molecule has 4 heteroatoms. The second kappa shape index (κ2) is 4.72. The highest BCUT2D eigenvalue weighted by Crippen LogP contribution is 2.14. The van der Waals surface area contributed by atoms with Crippen LogP contribution in [0.3, 0.4) is 0 Å². The Bertz CT molecular complexity index is 511. The summed E-state index contributed by atoms with van der Waals surface area (Å²) in [6.45, 7) is 0.0362. The molecule has 0 saturated heterocycles. The van der Waals surface area contributed by atoms with Crippen molar-refractivity contribution in [1.29, 1.82) is 0 Å². The minimum atomic E-state index is -0.203. The molecule has 1 aromatic carbocycles. The summed E-state index contributed by atoms with van der Waals surface area (Å²) in [5, 5.41) is 3.71. The van der Waals surface area contributed by atoms with Crippen LogP contribution < -0.4 is 5.32 Å². The van der Waals surface area contributed by atoms with Gasteiger partial charge in [-0.3, -0.25) is 4.79 Å². The Balaban J connectivity index is 2.22. The van der Waals surface area contributed by atoms with E-state index in [0.717, 1.165) is 10.9 Å². The van der Waals surface area contributed by atoms with Crippen LogP contribution in [0.2, 0.25) is 0 Å². The van der Waals surface area contributed by atoms with Crippen molar-refractivity contribution in [3.05, 3.63) is 36.4 Å². The van der Waals surface area contributed by atoms with Crippen LogP contribution in [-0.2, 0) is 9.53 Å². The Hall–Kier alpha value is -1.94. The highest BCUT2D eigenvalue weighted by atomic mass is 16.5. The summed E-state index contributed by atoms with van der Waals surface area (Å²) in [5.41, 5.74) is 0.859. The van der Waals surface area contributed by atoms with Crippen LogP contribution in [-0.4, -0.2) is 24.6 Å². The summed E-state index contributed by atoms with van der Waals surface area (Å²) >= 11 is 0. The normalized spacial score (nSPS) is 10.3. The number of benzene rings is 1. The maximum Gasteiger partial charge on any atom is 0.251 e. The number of aromatic nitrogens is 1. The smallest absolute Gasteiger partial charge is 0.251 e. The van der Waals surface area contributed by atoms with Crippen LogP contribution in [0, 0.1) is 0 Å². The average Bonchev–Trinajstić information content (AvgIpc) is 2.29. The van der Waals surface area contributed by atoms with Crippen LogP contribution in [0.4, 0.5) is 5.82 Å². The van der Waals surface area contributed by atoms with Crippen LogP contribution in [0.1, 0.15) is 0 Å². The highest BCUT2D eigenvalue weighted by Gasteiger charge is 2.02. The van der Waals surface area contributed by atoms with Gasteiger partial charge in [0, 0.05) is 12.5 Å². The first-order valence-corrected chi connectivity index (χ1v) is 4.94. The summed E-state index contributed by atoms with van der Waals surface area (Å²) in [7, 11) is 1.48. The molecule has 0 atom stereocenters. The topological polar surface area (TPSA) is 51.2 Å². The fourth-order valence-electron chi connectivity index (χ4n) is 1.45.